The standard InChI is InChI=1S/C17H19N7O.ClH/c1-2-11-14(10-3-6-18-7-4-10)22-24-16(11)20-17(25)15-12-9-19-8-5-13(12)21-23-15;/h3-4,6-7,19H,2,5,8-9H2,1H3,(H,21,23)(H2,20,22,24,25);1H. The molecule has 0 radical (unpaired) electrons. The molecule has 0 atom stereocenters. The summed E-state index contributed by atoms with van der Waals surface area (Å²) in [5.74, 6) is 0.295. The highest BCUT2D eigenvalue weighted by Crippen LogP contribution is 2.27. The SMILES string of the molecule is CCc1c(NC(=O)c2n[nH]c3c2CNCC3)n[nH]c1-c1ccncc1.Cl. The molecule has 3 aromatic heterocycles. The van der Waals surface area contributed by atoms with Crippen LogP contribution in [0.2, 0.25) is 0 Å². The van der Waals surface area contributed by atoms with E-state index in [1.54, 1.807) is 12.4 Å². The van der Waals surface area contributed by atoms with Gasteiger partial charge in [-0.2, -0.15) is 10.2 Å². The number of halogens is 1. The summed E-state index contributed by atoms with van der Waals surface area (Å²) in [4.78, 5) is 16.7. The lowest BCUT2D eigenvalue weighted by Gasteiger charge is -2.12. The summed E-state index contributed by atoms with van der Waals surface area (Å²) < 4.78 is 0. The number of rotatable bonds is 4. The Labute approximate surface area is 156 Å². The predicted molar refractivity (Wildman–Crippen MR) is 100 cm³/mol. The van der Waals surface area contributed by atoms with E-state index < -0.39 is 0 Å². The molecule has 0 bridgehead atoms. The number of carbonyl (C=O) groups excluding carboxylic acids is 1. The Morgan fingerprint density at radius 2 is 2.04 bits per heavy atom. The third-order valence-corrected chi connectivity index (χ3v) is 4.44. The van der Waals surface area contributed by atoms with E-state index in [-0.39, 0.29) is 18.3 Å². The number of aromatic nitrogens is 5. The number of carbonyl (C=O) groups is 1. The van der Waals surface area contributed by atoms with Gasteiger partial charge < -0.3 is 10.6 Å². The molecule has 4 rings (SSSR count). The summed E-state index contributed by atoms with van der Waals surface area (Å²) >= 11 is 0. The van der Waals surface area contributed by atoms with E-state index in [4.69, 9.17) is 0 Å². The predicted octanol–water partition coefficient (Wildman–Crippen LogP) is 2.08. The number of anilines is 1. The quantitative estimate of drug-likeness (QED) is 0.559. The molecular weight excluding hydrogens is 354 g/mol. The second kappa shape index (κ2) is 7.67. The Kier molecular flexibility index (Phi) is 5.34. The van der Waals surface area contributed by atoms with Crippen LogP contribution >= 0.6 is 12.4 Å². The van der Waals surface area contributed by atoms with Crippen molar-refractivity contribution in [1.29, 1.82) is 0 Å². The number of pyridine rings is 1. The van der Waals surface area contributed by atoms with Crippen molar-refractivity contribution < 1.29 is 4.79 Å². The lowest BCUT2D eigenvalue weighted by atomic mass is 10.1. The lowest BCUT2D eigenvalue weighted by Crippen LogP contribution is -2.25. The van der Waals surface area contributed by atoms with Crippen molar-refractivity contribution in [3.05, 3.63) is 47.0 Å². The zero-order valence-corrected chi connectivity index (χ0v) is 15.1. The van der Waals surface area contributed by atoms with Gasteiger partial charge in [-0.25, -0.2) is 0 Å². The number of hydrogen-bond acceptors (Lipinski definition) is 5. The van der Waals surface area contributed by atoms with Crippen molar-refractivity contribution in [2.75, 3.05) is 11.9 Å². The molecule has 136 valence electrons. The zero-order valence-electron chi connectivity index (χ0n) is 14.3. The Bertz CT molecular complexity index is 903. The molecule has 0 spiro atoms. The van der Waals surface area contributed by atoms with Gasteiger partial charge in [0.25, 0.3) is 5.91 Å². The summed E-state index contributed by atoms with van der Waals surface area (Å²) in [6.07, 6.45) is 5.06. The summed E-state index contributed by atoms with van der Waals surface area (Å²) in [6.45, 7) is 3.58. The number of H-pyrrole nitrogens is 2. The van der Waals surface area contributed by atoms with Gasteiger partial charge in [-0.1, -0.05) is 6.92 Å². The van der Waals surface area contributed by atoms with Crippen molar-refractivity contribution in [2.45, 2.75) is 26.3 Å². The number of amides is 1. The fraction of sp³-hybridized carbons (Fsp3) is 0.294. The zero-order chi connectivity index (χ0) is 17.2. The largest absolute Gasteiger partial charge is 0.312 e. The number of fused-ring (bicyclic) bond motifs is 1. The molecule has 1 aliphatic rings. The van der Waals surface area contributed by atoms with Crippen LogP contribution in [0.1, 0.15) is 34.2 Å². The molecule has 1 aliphatic heterocycles. The van der Waals surface area contributed by atoms with Gasteiger partial charge in [-0.3, -0.25) is 20.0 Å². The molecule has 0 saturated heterocycles. The average Bonchev–Trinajstić information content (AvgIpc) is 3.26. The van der Waals surface area contributed by atoms with E-state index in [9.17, 15) is 4.79 Å². The van der Waals surface area contributed by atoms with Crippen LogP contribution in [0.3, 0.4) is 0 Å². The molecule has 4 N–H and O–H groups in total. The van der Waals surface area contributed by atoms with Crippen LogP contribution in [0.5, 0.6) is 0 Å². The monoisotopic (exact) mass is 373 g/mol. The fourth-order valence-electron chi connectivity index (χ4n) is 3.15. The van der Waals surface area contributed by atoms with E-state index in [1.165, 1.54) is 0 Å². The first kappa shape index (κ1) is 18.1. The van der Waals surface area contributed by atoms with Gasteiger partial charge in [-0.15, -0.1) is 12.4 Å². The molecule has 0 fully saturated rings. The number of hydrogen-bond donors (Lipinski definition) is 4. The molecule has 0 unspecified atom stereocenters. The second-order valence-electron chi connectivity index (χ2n) is 5.93. The van der Waals surface area contributed by atoms with E-state index in [2.05, 4.69) is 36.0 Å². The molecule has 1 amide bonds. The molecule has 0 saturated carbocycles. The van der Waals surface area contributed by atoms with Crippen LogP contribution in [0, 0.1) is 0 Å². The molecule has 4 heterocycles. The van der Waals surface area contributed by atoms with Crippen molar-refractivity contribution >= 4 is 24.1 Å². The third kappa shape index (κ3) is 3.21. The maximum Gasteiger partial charge on any atom is 0.277 e. The second-order valence-corrected chi connectivity index (χ2v) is 5.93. The van der Waals surface area contributed by atoms with Crippen LogP contribution in [0.4, 0.5) is 5.82 Å². The number of nitrogens with one attached hydrogen (secondary N) is 4. The Balaban J connectivity index is 0.00000196. The minimum atomic E-state index is -0.247. The van der Waals surface area contributed by atoms with Gasteiger partial charge in [0.15, 0.2) is 11.5 Å². The van der Waals surface area contributed by atoms with Gasteiger partial charge >= 0.3 is 0 Å². The normalized spacial score (nSPS) is 13.0. The van der Waals surface area contributed by atoms with Crippen molar-refractivity contribution in [2.24, 2.45) is 0 Å². The summed E-state index contributed by atoms with van der Waals surface area (Å²) in [6, 6.07) is 3.82. The van der Waals surface area contributed by atoms with Crippen LogP contribution in [-0.2, 0) is 19.4 Å². The highest BCUT2D eigenvalue weighted by molar-refractivity contribution is 6.04. The smallest absolute Gasteiger partial charge is 0.277 e. The minimum absolute atomic E-state index is 0. The third-order valence-electron chi connectivity index (χ3n) is 4.44. The van der Waals surface area contributed by atoms with Crippen LogP contribution < -0.4 is 10.6 Å². The van der Waals surface area contributed by atoms with Gasteiger partial charge in [0.1, 0.15) is 0 Å². The average molecular weight is 374 g/mol. The summed E-state index contributed by atoms with van der Waals surface area (Å²) in [5.41, 5.74) is 5.23. The maximum absolute atomic E-state index is 12.7. The topological polar surface area (TPSA) is 111 Å². The molecule has 9 heteroatoms. The van der Waals surface area contributed by atoms with E-state index in [0.717, 1.165) is 47.5 Å². The van der Waals surface area contributed by atoms with Crippen molar-refractivity contribution in [1.82, 2.24) is 30.7 Å². The number of aromatic amines is 2. The minimum Gasteiger partial charge on any atom is -0.312 e. The Morgan fingerprint density at radius 1 is 1.23 bits per heavy atom. The first-order chi connectivity index (χ1) is 12.3. The van der Waals surface area contributed by atoms with E-state index in [1.807, 2.05) is 19.1 Å². The van der Waals surface area contributed by atoms with Crippen LogP contribution in [-0.4, -0.2) is 37.8 Å². The van der Waals surface area contributed by atoms with Gasteiger partial charge in [0.05, 0.1) is 5.69 Å². The molecular formula is C17H20ClN7O. The molecule has 0 aliphatic carbocycles. The van der Waals surface area contributed by atoms with Crippen LogP contribution in [0.25, 0.3) is 11.3 Å². The van der Waals surface area contributed by atoms with Crippen LogP contribution in [0.15, 0.2) is 24.5 Å². The fourth-order valence-corrected chi connectivity index (χ4v) is 3.15. The summed E-state index contributed by atoms with van der Waals surface area (Å²) in [7, 11) is 0. The first-order valence-electron chi connectivity index (χ1n) is 8.33. The first-order valence-corrected chi connectivity index (χ1v) is 8.33. The molecule has 8 nitrogen and oxygen atoms in total. The van der Waals surface area contributed by atoms with Gasteiger partial charge in [0, 0.05) is 54.3 Å². The maximum atomic E-state index is 12.7. The van der Waals surface area contributed by atoms with E-state index in [0.29, 0.717) is 18.1 Å². The van der Waals surface area contributed by atoms with Crippen molar-refractivity contribution in [3.63, 3.8) is 0 Å². The highest BCUT2D eigenvalue weighted by Gasteiger charge is 2.23. The van der Waals surface area contributed by atoms with Gasteiger partial charge in [0.2, 0.25) is 0 Å². The highest BCUT2D eigenvalue weighted by atomic mass is 35.5. The lowest BCUT2D eigenvalue weighted by molar-refractivity contribution is 0.102. The van der Waals surface area contributed by atoms with Gasteiger partial charge in [-0.05, 0) is 18.6 Å². The molecule has 26 heavy (non-hydrogen) atoms. The Hall–Kier alpha value is -2.71. The molecule has 0 aromatic carbocycles. The summed E-state index contributed by atoms with van der Waals surface area (Å²) in [5, 5.41) is 20.6. The Morgan fingerprint density at radius 3 is 2.81 bits per heavy atom. The van der Waals surface area contributed by atoms with Crippen molar-refractivity contribution in [3.8, 4) is 11.3 Å². The number of nitrogens with zero attached hydrogens (tertiary/aromatic N) is 3. The van der Waals surface area contributed by atoms with E-state index >= 15 is 0 Å². The molecule has 3 aromatic rings.